The van der Waals surface area contributed by atoms with Gasteiger partial charge < -0.3 is 0 Å². The molecule has 0 spiro atoms. The molecular formula is C6H7BrN2O2. The summed E-state index contributed by atoms with van der Waals surface area (Å²) in [5, 5.41) is 0.782. The molecular weight excluding hydrogens is 212 g/mol. The second-order valence-corrected chi connectivity index (χ2v) is 2.87. The van der Waals surface area contributed by atoms with E-state index in [1.807, 2.05) is 0 Å². The normalized spacial score (nSPS) is 16.6. The number of urea groups is 1. The topological polar surface area (TPSA) is 49.7 Å². The predicted molar refractivity (Wildman–Crippen MR) is 44.0 cm³/mol. The van der Waals surface area contributed by atoms with Gasteiger partial charge >= 0.3 is 6.03 Å². The van der Waals surface area contributed by atoms with Gasteiger partial charge in [0.15, 0.2) is 0 Å². The molecule has 0 aromatic rings. The third-order valence-corrected chi connectivity index (χ3v) is 1.86. The Bertz CT molecular complexity index is 197. The van der Waals surface area contributed by atoms with Crippen molar-refractivity contribution in [2.45, 2.75) is 6.42 Å². The van der Waals surface area contributed by atoms with Crippen molar-refractivity contribution in [1.29, 1.82) is 0 Å². The summed E-state index contributed by atoms with van der Waals surface area (Å²) in [6.45, 7) is 0.447. The van der Waals surface area contributed by atoms with Crippen LogP contribution in [0.15, 0.2) is 4.99 Å². The van der Waals surface area contributed by atoms with Crippen molar-refractivity contribution in [1.82, 2.24) is 4.90 Å². The number of aliphatic imine (C=N–C) groups is 1. The molecule has 11 heavy (non-hydrogen) atoms. The number of hydrogen-bond donors (Lipinski definition) is 0. The monoisotopic (exact) mass is 218 g/mol. The molecule has 0 unspecified atom stereocenters. The van der Waals surface area contributed by atoms with Crippen molar-refractivity contribution in [3.05, 3.63) is 0 Å². The van der Waals surface area contributed by atoms with Crippen molar-refractivity contribution >= 4 is 34.1 Å². The van der Waals surface area contributed by atoms with E-state index in [9.17, 15) is 9.59 Å². The van der Waals surface area contributed by atoms with Crippen molar-refractivity contribution in [2.24, 2.45) is 4.99 Å². The smallest absolute Gasteiger partial charge is 0.267 e. The Morgan fingerprint density at radius 2 is 2.27 bits per heavy atom. The molecule has 1 rings (SSSR count). The minimum atomic E-state index is -0.448. The van der Waals surface area contributed by atoms with Crippen LogP contribution in [0.25, 0.3) is 0 Å². The highest BCUT2D eigenvalue weighted by Crippen LogP contribution is 2.02. The Hall–Kier alpha value is -0.710. The first-order valence-corrected chi connectivity index (χ1v) is 4.33. The second-order valence-electron chi connectivity index (χ2n) is 2.07. The van der Waals surface area contributed by atoms with E-state index in [1.54, 1.807) is 0 Å². The molecule has 0 saturated carbocycles. The summed E-state index contributed by atoms with van der Waals surface area (Å²) in [7, 11) is 0. The highest BCUT2D eigenvalue weighted by Gasteiger charge is 2.23. The molecule has 1 aliphatic heterocycles. The number of carbonyl (C=O) groups excluding carboxylic acids is 2. The molecule has 0 atom stereocenters. The van der Waals surface area contributed by atoms with Crippen molar-refractivity contribution in [2.75, 3.05) is 11.9 Å². The quantitative estimate of drug-likeness (QED) is 0.659. The first kappa shape index (κ1) is 8.39. The molecule has 0 fully saturated rings. The van der Waals surface area contributed by atoms with Crippen LogP contribution in [0, 0.1) is 0 Å². The summed E-state index contributed by atoms with van der Waals surface area (Å²) in [4.78, 5) is 26.1. The minimum Gasteiger partial charge on any atom is -0.267 e. The number of imide groups is 1. The maximum atomic E-state index is 10.8. The van der Waals surface area contributed by atoms with Crippen LogP contribution in [-0.2, 0) is 4.79 Å². The molecule has 0 bridgehead atoms. The lowest BCUT2D eigenvalue weighted by Gasteiger charge is -2.09. The van der Waals surface area contributed by atoms with Gasteiger partial charge in [-0.25, -0.2) is 4.79 Å². The van der Waals surface area contributed by atoms with E-state index in [0.717, 1.165) is 22.9 Å². The number of carbonyl (C=O) groups is 2. The van der Waals surface area contributed by atoms with Gasteiger partial charge in [0, 0.05) is 11.9 Å². The van der Waals surface area contributed by atoms with Gasteiger partial charge in [0.1, 0.15) is 0 Å². The zero-order chi connectivity index (χ0) is 8.27. The first-order chi connectivity index (χ1) is 5.25. The van der Waals surface area contributed by atoms with Crippen LogP contribution >= 0.6 is 15.9 Å². The number of nitrogens with zero attached hydrogens (tertiary/aromatic N) is 2. The van der Waals surface area contributed by atoms with E-state index in [4.69, 9.17) is 0 Å². The summed E-state index contributed by atoms with van der Waals surface area (Å²) >= 11 is 3.21. The molecule has 5 heteroatoms. The fourth-order valence-corrected chi connectivity index (χ4v) is 1.02. The minimum absolute atomic E-state index is 0.309. The molecule has 0 aromatic carbocycles. The average Bonchev–Trinajstić information content (AvgIpc) is 2.29. The van der Waals surface area contributed by atoms with Crippen LogP contribution in [0.5, 0.6) is 0 Å². The Labute approximate surface area is 72.4 Å². The lowest BCUT2D eigenvalue weighted by Crippen LogP contribution is -2.31. The van der Waals surface area contributed by atoms with Crippen molar-refractivity contribution in [3.63, 3.8) is 0 Å². The Kier molecular flexibility index (Phi) is 2.76. The van der Waals surface area contributed by atoms with Gasteiger partial charge in [0.2, 0.25) is 0 Å². The fraction of sp³-hybridized carbons (Fsp3) is 0.500. The standard InChI is InChI=1S/C6H7BrN2O2/c7-2-1-3-9-5(10)4-8-6(9)11/h4H,1-3H2. The van der Waals surface area contributed by atoms with E-state index < -0.39 is 6.03 Å². The maximum absolute atomic E-state index is 10.8. The van der Waals surface area contributed by atoms with Crippen LogP contribution < -0.4 is 0 Å². The molecule has 0 radical (unpaired) electrons. The molecule has 3 amide bonds. The third-order valence-electron chi connectivity index (χ3n) is 1.30. The number of hydrogen-bond acceptors (Lipinski definition) is 2. The van der Waals surface area contributed by atoms with Crippen molar-refractivity contribution in [3.8, 4) is 0 Å². The molecule has 60 valence electrons. The van der Waals surface area contributed by atoms with E-state index in [2.05, 4.69) is 20.9 Å². The molecule has 4 nitrogen and oxygen atoms in total. The van der Waals surface area contributed by atoms with Crippen LogP contribution in [0.2, 0.25) is 0 Å². The van der Waals surface area contributed by atoms with Gasteiger partial charge in [0.25, 0.3) is 5.91 Å². The third kappa shape index (κ3) is 1.86. The van der Waals surface area contributed by atoms with E-state index in [1.165, 1.54) is 0 Å². The average molecular weight is 219 g/mol. The molecule has 1 aliphatic rings. The van der Waals surface area contributed by atoms with Gasteiger partial charge in [-0.1, -0.05) is 15.9 Å². The largest absolute Gasteiger partial charge is 0.350 e. The van der Waals surface area contributed by atoms with Crippen LogP contribution in [0.3, 0.4) is 0 Å². The van der Waals surface area contributed by atoms with Gasteiger partial charge in [-0.15, -0.1) is 0 Å². The fourth-order valence-electron chi connectivity index (χ4n) is 0.768. The van der Waals surface area contributed by atoms with Gasteiger partial charge in [-0.3, -0.25) is 9.69 Å². The highest BCUT2D eigenvalue weighted by atomic mass is 79.9. The number of amides is 3. The van der Waals surface area contributed by atoms with Gasteiger partial charge in [-0.2, -0.15) is 4.99 Å². The lowest BCUT2D eigenvalue weighted by molar-refractivity contribution is -0.120. The molecule has 0 aromatic heterocycles. The number of rotatable bonds is 3. The summed E-state index contributed by atoms with van der Waals surface area (Å²) in [6, 6.07) is -0.448. The first-order valence-electron chi connectivity index (χ1n) is 3.21. The maximum Gasteiger partial charge on any atom is 0.350 e. The van der Waals surface area contributed by atoms with E-state index >= 15 is 0 Å². The Balaban J connectivity index is 2.46. The second kappa shape index (κ2) is 3.61. The van der Waals surface area contributed by atoms with Gasteiger partial charge in [-0.05, 0) is 6.42 Å². The Morgan fingerprint density at radius 1 is 1.55 bits per heavy atom. The van der Waals surface area contributed by atoms with E-state index in [-0.39, 0.29) is 5.91 Å². The zero-order valence-electron chi connectivity index (χ0n) is 5.79. The highest BCUT2D eigenvalue weighted by molar-refractivity contribution is 9.09. The molecule has 1 heterocycles. The van der Waals surface area contributed by atoms with Crippen LogP contribution in [-0.4, -0.2) is 34.9 Å². The van der Waals surface area contributed by atoms with Crippen molar-refractivity contribution < 1.29 is 9.59 Å². The molecule has 0 saturated heterocycles. The summed E-state index contributed by atoms with van der Waals surface area (Å²) in [6.07, 6.45) is 1.82. The zero-order valence-corrected chi connectivity index (χ0v) is 7.37. The lowest BCUT2D eigenvalue weighted by atomic mass is 10.4. The molecule has 0 aliphatic carbocycles. The Morgan fingerprint density at radius 3 is 2.73 bits per heavy atom. The van der Waals surface area contributed by atoms with E-state index in [0.29, 0.717) is 6.54 Å². The SMILES string of the molecule is O=C1C=NC(=O)N1CCCBr. The summed E-state index contributed by atoms with van der Waals surface area (Å²) in [5.74, 6) is -0.309. The number of halogens is 1. The molecule has 0 N–H and O–H groups in total. The van der Waals surface area contributed by atoms with Gasteiger partial charge in [0.05, 0.1) is 6.21 Å². The van der Waals surface area contributed by atoms with Crippen LogP contribution in [0.4, 0.5) is 4.79 Å². The predicted octanol–water partition coefficient (Wildman–Crippen LogP) is 0.804. The summed E-state index contributed by atoms with van der Waals surface area (Å²) < 4.78 is 0. The summed E-state index contributed by atoms with van der Waals surface area (Å²) in [5.41, 5.74) is 0. The van der Waals surface area contributed by atoms with Crippen LogP contribution in [0.1, 0.15) is 6.42 Å². The number of alkyl halides is 1.